The van der Waals surface area contributed by atoms with Crippen LogP contribution in [0, 0.1) is 5.92 Å². The number of nitrogens with two attached hydrogens (primary N) is 1. The number of rotatable bonds is 7. The van der Waals surface area contributed by atoms with Crippen molar-refractivity contribution in [3.8, 4) is 0 Å². The molecular formula is C18H28ClN3O. The number of hydrogen-bond acceptors (Lipinski definition) is 3. The first-order valence-electron chi connectivity index (χ1n) is 8.58. The highest BCUT2D eigenvalue weighted by Crippen LogP contribution is 2.28. The number of benzene rings is 1. The summed E-state index contributed by atoms with van der Waals surface area (Å²) in [6.07, 6.45) is 2.64. The van der Waals surface area contributed by atoms with E-state index in [1.807, 2.05) is 24.3 Å². The van der Waals surface area contributed by atoms with Gasteiger partial charge in [0.05, 0.1) is 6.04 Å². The van der Waals surface area contributed by atoms with Crippen molar-refractivity contribution in [2.75, 3.05) is 19.6 Å². The van der Waals surface area contributed by atoms with Crippen LogP contribution in [-0.4, -0.2) is 36.5 Å². The highest BCUT2D eigenvalue weighted by molar-refractivity contribution is 6.31. The molecule has 0 spiro atoms. The Kier molecular flexibility index (Phi) is 6.88. The summed E-state index contributed by atoms with van der Waals surface area (Å²) in [7, 11) is 0. The third-order valence-corrected chi connectivity index (χ3v) is 5.18. The molecule has 0 heterocycles. The number of amides is 1. The molecule has 3 N–H and O–H groups in total. The van der Waals surface area contributed by atoms with Crippen LogP contribution in [0.4, 0.5) is 0 Å². The van der Waals surface area contributed by atoms with Gasteiger partial charge in [0.15, 0.2) is 0 Å². The van der Waals surface area contributed by atoms with E-state index in [0.29, 0.717) is 6.54 Å². The lowest BCUT2D eigenvalue weighted by atomic mass is 10.0. The molecule has 0 aliphatic heterocycles. The van der Waals surface area contributed by atoms with E-state index < -0.39 is 0 Å². The van der Waals surface area contributed by atoms with Crippen molar-refractivity contribution in [2.45, 2.75) is 45.2 Å². The van der Waals surface area contributed by atoms with Crippen LogP contribution in [0.3, 0.4) is 0 Å². The van der Waals surface area contributed by atoms with Gasteiger partial charge in [-0.2, -0.15) is 0 Å². The fourth-order valence-corrected chi connectivity index (χ4v) is 3.70. The maximum atomic E-state index is 12.4. The normalized spacial score (nSPS) is 22.3. The van der Waals surface area contributed by atoms with Crippen molar-refractivity contribution in [3.05, 3.63) is 34.9 Å². The zero-order valence-electron chi connectivity index (χ0n) is 14.1. The Morgan fingerprint density at radius 3 is 2.61 bits per heavy atom. The zero-order chi connectivity index (χ0) is 16.8. The van der Waals surface area contributed by atoms with Gasteiger partial charge in [0.25, 0.3) is 0 Å². The van der Waals surface area contributed by atoms with Gasteiger partial charge < -0.3 is 11.1 Å². The molecular weight excluding hydrogens is 310 g/mol. The van der Waals surface area contributed by atoms with Crippen molar-refractivity contribution < 1.29 is 4.79 Å². The third kappa shape index (κ3) is 4.69. The molecule has 3 atom stereocenters. The zero-order valence-corrected chi connectivity index (χ0v) is 14.9. The highest BCUT2D eigenvalue weighted by atomic mass is 35.5. The van der Waals surface area contributed by atoms with Crippen molar-refractivity contribution >= 4 is 17.5 Å². The predicted molar refractivity (Wildman–Crippen MR) is 95.4 cm³/mol. The van der Waals surface area contributed by atoms with Gasteiger partial charge in [0.2, 0.25) is 5.91 Å². The van der Waals surface area contributed by atoms with E-state index in [4.69, 9.17) is 17.3 Å². The second-order valence-corrected chi connectivity index (χ2v) is 6.68. The van der Waals surface area contributed by atoms with Gasteiger partial charge in [-0.1, -0.05) is 43.6 Å². The molecule has 0 saturated heterocycles. The Hall–Kier alpha value is -1.10. The largest absolute Gasteiger partial charge is 0.354 e. The molecule has 1 aromatic rings. The van der Waals surface area contributed by atoms with E-state index in [-0.39, 0.29) is 23.9 Å². The van der Waals surface area contributed by atoms with Gasteiger partial charge in [-0.15, -0.1) is 0 Å². The van der Waals surface area contributed by atoms with Gasteiger partial charge in [0, 0.05) is 23.5 Å². The number of halogens is 1. The molecule has 5 heteroatoms. The Balaban J connectivity index is 2.06. The predicted octanol–water partition coefficient (Wildman–Crippen LogP) is 2.97. The molecule has 128 valence electrons. The molecule has 2 rings (SSSR count). The standard InChI is InChI=1S/C18H28ClN3O/c1-3-22(4-2)17(15-7-5-6-8-16(15)19)12-21-18(23)13-9-10-14(20)11-13/h5-8,13-14,17H,3-4,9-12,20H2,1-2H3,(H,21,23). The SMILES string of the molecule is CCN(CC)C(CNC(=O)C1CCC(N)C1)c1ccccc1Cl. The maximum absolute atomic E-state index is 12.4. The van der Waals surface area contributed by atoms with E-state index in [9.17, 15) is 4.79 Å². The average Bonchev–Trinajstić information content (AvgIpc) is 2.98. The minimum atomic E-state index is 0.0635. The van der Waals surface area contributed by atoms with E-state index in [0.717, 1.165) is 42.9 Å². The second-order valence-electron chi connectivity index (χ2n) is 6.27. The van der Waals surface area contributed by atoms with Crippen LogP contribution in [0.25, 0.3) is 0 Å². The minimum absolute atomic E-state index is 0.0635. The third-order valence-electron chi connectivity index (χ3n) is 4.83. The summed E-state index contributed by atoms with van der Waals surface area (Å²) in [6, 6.07) is 8.15. The Morgan fingerprint density at radius 1 is 1.35 bits per heavy atom. The molecule has 3 unspecified atom stereocenters. The number of nitrogens with one attached hydrogen (secondary N) is 1. The fourth-order valence-electron chi connectivity index (χ4n) is 3.44. The van der Waals surface area contributed by atoms with Crippen LogP contribution in [-0.2, 0) is 4.79 Å². The summed E-state index contributed by atoms with van der Waals surface area (Å²) in [4.78, 5) is 14.7. The van der Waals surface area contributed by atoms with Gasteiger partial charge in [-0.25, -0.2) is 0 Å². The van der Waals surface area contributed by atoms with Crippen LogP contribution in [0.1, 0.15) is 44.7 Å². The molecule has 23 heavy (non-hydrogen) atoms. The first-order chi connectivity index (χ1) is 11.1. The molecule has 1 fully saturated rings. The molecule has 0 bridgehead atoms. The minimum Gasteiger partial charge on any atom is -0.354 e. The number of nitrogens with zero attached hydrogens (tertiary/aromatic N) is 1. The number of likely N-dealkylation sites (N-methyl/N-ethyl adjacent to an activating group) is 1. The molecule has 1 amide bonds. The van der Waals surface area contributed by atoms with Crippen molar-refractivity contribution in [3.63, 3.8) is 0 Å². The fraction of sp³-hybridized carbons (Fsp3) is 0.611. The first kappa shape index (κ1) is 18.2. The van der Waals surface area contributed by atoms with Crippen LogP contribution < -0.4 is 11.1 Å². The van der Waals surface area contributed by atoms with E-state index in [2.05, 4.69) is 24.1 Å². The molecule has 1 aromatic carbocycles. The summed E-state index contributed by atoms with van der Waals surface area (Å²) in [5.41, 5.74) is 6.99. The van der Waals surface area contributed by atoms with Crippen LogP contribution >= 0.6 is 11.6 Å². The molecule has 1 aliphatic rings. The van der Waals surface area contributed by atoms with Crippen molar-refractivity contribution in [1.29, 1.82) is 0 Å². The lowest BCUT2D eigenvalue weighted by Gasteiger charge is -2.31. The quantitative estimate of drug-likeness (QED) is 0.804. The smallest absolute Gasteiger partial charge is 0.223 e. The lowest BCUT2D eigenvalue weighted by Crippen LogP contribution is -2.40. The summed E-state index contributed by atoms with van der Waals surface area (Å²) in [6.45, 7) is 6.67. The number of hydrogen-bond donors (Lipinski definition) is 2. The molecule has 1 aliphatic carbocycles. The first-order valence-corrected chi connectivity index (χ1v) is 8.96. The van der Waals surface area contributed by atoms with Gasteiger partial charge in [0.1, 0.15) is 0 Å². The Bertz CT molecular complexity index is 519. The van der Waals surface area contributed by atoms with Crippen LogP contribution in [0.15, 0.2) is 24.3 Å². The summed E-state index contributed by atoms with van der Waals surface area (Å²) >= 11 is 6.38. The summed E-state index contributed by atoms with van der Waals surface area (Å²) < 4.78 is 0. The maximum Gasteiger partial charge on any atom is 0.223 e. The van der Waals surface area contributed by atoms with Crippen LogP contribution in [0.5, 0.6) is 0 Å². The Morgan fingerprint density at radius 2 is 2.04 bits per heavy atom. The number of carbonyl (C=O) groups is 1. The second kappa shape index (κ2) is 8.67. The van der Waals surface area contributed by atoms with E-state index >= 15 is 0 Å². The highest BCUT2D eigenvalue weighted by Gasteiger charge is 2.29. The summed E-state index contributed by atoms with van der Waals surface area (Å²) in [5, 5.41) is 3.88. The Labute approximate surface area is 144 Å². The van der Waals surface area contributed by atoms with Gasteiger partial charge >= 0.3 is 0 Å². The lowest BCUT2D eigenvalue weighted by molar-refractivity contribution is -0.125. The number of carbonyl (C=O) groups excluding carboxylic acids is 1. The van der Waals surface area contributed by atoms with Crippen LogP contribution in [0.2, 0.25) is 5.02 Å². The topological polar surface area (TPSA) is 58.4 Å². The molecule has 4 nitrogen and oxygen atoms in total. The van der Waals surface area contributed by atoms with E-state index in [1.165, 1.54) is 0 Å². The van der Waals surface area contributed by atoms with E-state index in [1.54, 1.807) is 0 Å². The van der Waals surface area contributed by atoms with Gasteiger partial charge in [-0.05, 0) is 44.0 Å². The molecule has 0 radical (unpaired) electrons. The summed E-state index contributed by atoms with van der Waals surface area (Å²) in [5.74, 6) is 0.191. The average molecular weight is 338 g/mol. The molecule has 0 aromatic heterocycles. The van der Waals surface area contributed by atoms with Crippen molar-refractivity contribution in [2.24, 2.45) is 11.7 Å². The molecule has 1 saturated carbocycles. The monoisotopic (exact) mass is 337 g/mol. The van der Waals surface area contributed by atoms with Gasteiger partial charge in [-0.3, -0.25) is 9.69 Å². The van der Waals surface area contributed by atoms with Crippen molar-refractivity contribution in [1.82, 2.24) is 10.2 Å².